The summed E-state index contributed by atoms with van der Waals surface area (Å²) in [4.78, 5) is 15.7. The maximum Gasteiger partial charge on any atom is 0.243 e. The van der Waals surface area contributed by atoms with Crippen LogP contribution in [0, 0.1) is 23.2 Å². The van der Waals surface area contributed by atoms with E-state index in [1.807, 2.05) is 4.90 Å². The molecule has 4 aliphatic carbocycles. The van der Waals surface area contributed by atoms with E-state index in [1.165, 1.54) is 23.6 Å². The lowest BCUT2D eigenvalue weighted by Gasteiger charge is -2.57. The molecule has 1 aromatic rings. The van der Waals surface area contributed by atoms with Crippen LogP contribution in [0.5, 0.6) is 0 Å². The van der Waals surface area contributed by atoms with Crippen molar-refractivity contribution >= 4 is 27.5 Å². The second-order valence-electron chi connectivity index (χ2n) is 9.35. The summed E-state index contributed by atoms with van der Waals surface area (Å²) in [6, 6.07) is 6.29. The quantitative estimate of drug-likeness (QED) is 0.750. The number of carbonyl (C=O) groups excluding carboxylic acids is 1. The van der Waals surface area contributed by atoms with Crippen molar-refractivity contribution in [3.63, 3.8) is 0 Å². The Balaban J connectivity index is 1.27. The summed E-state index contributed by atoms with van der Waals surface area (Å²) in [5.41, 5.74) is -0.147. The van der Waals surface area contributed by atoms with Gasteiger partial charge in [-0.3, -0.25) is 4.79 Å². The van der Waals surface area contributed by atoms with Crippen molar-refractivity contribution in [3.8, 4) is 0 Å². The number of hydrogen-bond donors (Lipinski definition) is 0. The highest BCUT2D eigenvalue weighted by atomic mass is 35.5. The minimum Gasteiger partial charge on any atom is -0.340 e. The van der Waals surface area contributed by atoms with Gasteiger partial charge in [-0.05, 0) is 80.5 Å². The molecule has 0 aromatic heterocycles. The Bertz CT molecular complexity index is 840. The Morgan fingerprint density at radius 2 is 1.39 bits per heavy atom. The Kier molecular flexibility index (Phi) is 4.53. The summed E-state index contributed by atoms with van der Waals surface area (Å²) in [5.74, 6) is 2.51. The molecule has 0 radical (unpaired) electrons. The minimum atomic E-state index is -3.54. The molecule has 0 spiro atoms. The zero-order valence-electron chi connectivity index (χ0n) is 16.0. The molecule has 1 saturated heterocycles. The summed E-state index contributed by atoms with van der Waals surface area (Å²) < 4.78 is 27.3. The fourth-order valence-electron chi connectivity index (χ4n) is 6.60. The number of amides is 1. The van der Waals surface area contributed by atoms with Gasteiger partial charge >= 0.3 is 0 Å². The second-order valence-corrected chi connectivity index (χ2v) is 11.7. The van der Waals surface area contributed by atoms with E-state index < -0.39 is 10.0 Å². The van der Waals surface area contributed by atoms with E-state index in [2.05, 4.69) is 0 Å². The van der Waals surface area contributed by atoms with Gasteiger partial charge in [0, 0.05) is 31.2 Å². The average Bonchev–Trinajstić information content (AvgIpc) is 2.67. The number of sulfonamides is 1. The van der Waals surface area contributed by atoms with Crippen LogP contribution in [0.3, 0.4) is 0 Å². The van der Waals surface area contributed by atoms with Gasteiger partial charge in [-0.25, -0.2) is 8.42 Å². The van der Waals surface area contributed by atoms with Crippen LogP contribution >= 0.6 is 11.6 Å². The topological polar surface area (TPSA) is 57.7 Å². The first-order chi connectivity index (χ1) is 13.4. The van der Waals surface area contributed by atoms with Crippen molar-refractivity contribution in [1.82, 2.24) is 9.21 Å². The largest absolute Gasteiger partial charge is 0.340 e. The number of carbonyl (C=O) groups is 1. The summed E-state index contributed by atoms with van der Waals surface area (Å²) >= 11 is 5.88. The molecular formula is C21H27ClN2O3S. The SMILES string of the molecule is O=C(N1CCN(S(=O)(=O)c2ccc(Cl)cc2)CC1)C12CC3CC(CC(C3)C1)C2. The molecule has 0 N–H and O–H groups in total. The first-order valence-corrected chi connectivity index (χ1v) is 12.2. The molecule has 4 bridgehead atoms. The van der Waals surface area contributed by atoms with Gasteiger partial charge in [0.2, 0.25) is 15.9 Å². The Hall–Kier alpha value is -1.11. The summed E-state index contributed by atoms with van der Waals surface area (Å²) in [7, 11) is -3.54. The maximum atomic E-state index is 13.5. The van der Waals surface area contributed by atoms with Gasteiger partial charge in [0.15, 0.2) is 0 Å². The van der Waals surface area contributed by atoms with E-state index in [0.717, 1.165) is 37.0 Å². The van der Waals surface area contributed by atoms with Crippen LogP contribution in [0.4, 0.5) is 0 Å². The van der Waals surface area contributed by atoms with E-state index in [9.17, 15) is 13.2 Å². The first kappa shape index (κ1) is 18.9. The number of hydrogen-bond acceptors (Lipinski definition) is 3. The van der Waals surface area contributed by atoms with Crippen LogP contribution in [0.15, 0.2) is 29.2 Å². The third-order valence-corrected chi connectivity index (χ3v) is 9.63. The molecule has 152 valence electrons. The van der Waals surface area contributed by atoms with Crippen LogP contribution in [0.25, 0.3) is 0 Å². The monoisotopic (exact) mass is 422 g/mol. The molecule has 0 unspecified atom stereocenters. The van der Waals surface area contributed by atoms with Crippen LogP contribution in [0.2, 0.25) is 5.02 Å². The highest BCUT2D eigenvalue weighted by Crippen LogP contribution is 2.60. The average molecular weight is 423 g/mol. The van der Waals surface area contributed by atoms with Gasteiger partial charge in [0.25, 0.3) is 0 Å². The lowest BCUT2D eigenvalue weighted by atomic mass is 9.49. The van der Waals surface area contributed by atoms with Gasteiger partial charge < -0.3 is 4.90 Å². The van der Waals surface area contributed by atoms with E-state index >= 15 is 0 Å². The van der Waals surface area contributed by atoms with Crippen molar-refractivity contribution < 1.29 is 13.2 Å². The van der Waals surface area contributed by atoms with Gasteiger partial charge in [-0.2, -0.15) is 4.31 Å². The zero-order valence-corrected chi connectivity index (χ0v) is 17.6. The smallest absolute Gasteiger partial charge is 0.243 e. The third-order valence-electron chi connectivity index (χ3n) is 7.47. The van der Waals surface area contributed by atoms with Crippen molar-refractivity contribution in [2.75, 3.05) is 26.2 Å². The van der Waals surface area contributed by atoms with Gasteiger partial charge in [-0.1, -0.05) is 11.6 Å². The highest BCUT2D eigenvalue weighted by Gasteiger charge is 2.55. The van der Waals surface area contributed by atoms with Crippen molar-refractivity contribution in [1.29, 1.82) is 0 Å². The number of benzene rings is 1. The molecule has 5 aliphatic rings. The molecule has 28 heavy (non-hydrogen) atoms. The lowest BCUT2D eigenvalue weighted by Crippen LogP contribution is -2.58. The molecule has 1 aliphatic heterocycles. The van der Waals surface area contributed by atoms with E-state index in [0.29, 0.717) is 37.1 Å². The summed E-state index contributed by atoms with van der Waals surface area (Å²) in [5, 5.41) is 0.518. The molecular weight excluding hydrogens is 396 g/mol. The van der Waals surface area contributed by atoms with E-state index in [4.69, 9.17) is 11.6 Å². The Labute approximate surface area is 172 Å². The fraction of sp³-hybridized carbons (Fsp3) is 0.667. The molecule has 5 nitrogen and oxygen atoms in total. The molecule has 7 heteroatoms. The fourth-order valence-corrected chi connectivity index (χ4v) is 8.14. The van der Waals surface area contributed by atoms with Crippen LogP contribution in [-0.4, -0.2) is 49.7 Å². The molecule has 1 amide bonds. The van der Waals surface area contributed by atoms with Crippen LogP contribution in [0.1, 0.15) is 38.5 Å². The minimum absolute atomic E-state index is 0.147. The third kappa shape index (κ3) is 3.08. The van der Waals surface area contributed by atoms with E-state index in [1.54, 1.807) is 24.3 Å². The predicted molar refractivity (Wildman–Crippen MR) is 107 cm³/mol. The van der Waals surface area contributed by atoms with Gasteiger partial charge in [0.05, 0.1) is 10.3 Å². The number of piperazine rings is 1. The zero-order chi connectivity index (χ0) is 19.5. The maximum absolute atomic E-state index is 13.5. The Morgan fingerprint density at radius 1 is 0.893 bits per heavy atom. The molecule has 1 aromatic carbocycles. The van der Waals surface area contributed by atoms with Crippen LogP contribution < -0.4 is 0 Å². The normalized spacial score (nSPS) is 35.3. The van der Waals surface area contributed by atoms with Crippen molar-refractivity contribution in [3.05, 3.63) is 29.3 Å². The highest BCUT2D eigenvalue weighted by molar-refractivity contribution is 7.89. The number of nitrogens with zero attached hydrogens (tertiary/aromatic N) is 2. The predicted octanol–water partition coefficient (Wildman–Crippen LogP) is 3.39. The van der Waals surface area contributed by atoms with Crippen molar-refractivity contribution in [2.45, 2.75) is 43.4 Å². The van der Waals surface area contributed by atoms with E-state index in [-0.39, 0.29) is 10.3 Å². The summed E-state index contributed by atoms with van der Waals surface area (Å²) in [6.45, 7) is 1.72. The molecule has 6 rings (SSSR count). The van der Waals surface area contributed by atoms with Gasteiger partial charge in [0.1, 0.15) is 0 Å². The summed E-state index contributed by atoms with van der Waals surface area (Å²) in [6.07, 6.45) is 7.13. The lowest BCUT2D eigenvalue weighted by molar-refractivity contribution is -0.158. The van der Waals surface area contributed by atoms with Gasteiger partial charge in [-0.15, -0.1) is 0 Å². The van der Waals surface area contributed by atoms with Crippen molar-refractivity contribution in [2.24, 2.45) is 23.2 Å². The molecule has 5 fully saturated rings. The first-order valence-electron chi connectivity index (χ1n) is 10.4. The molecule has 1 heterocycles. The second kappa shape index (κ2) is 6.71. The number of halogens is 1. The molecule has 0 atom stereocenters. The van der Waals surface area contributed by atoms with Crippen LogP contribution in [-0.2, 0) is 14.8 Å². The standard InChI is InChI=1S/C21H27ClN2O3S/c22-18-1-3-19(4-2-18)28(26,27)24-7-5-23(6-8-24)20(25)21-12-15-9-16(13-21)11-17(10-15)14-21/h1-4,15-17H,5-14H2. The number of rotatable bonds is 3. The Morgan fingerprint density at radius 3 is 1.89 bits per heavy atom. The molecule has 4 saturated carbocycles.